The lowest BCUT2D eigenvalue weighted by Crippen LogP contribution is -2.43. The zero-order chi connectivity index (χ0) is 16.1. The Morgan fingerprint density at radius 1 is 1.12 bits per heavy atom. The predicted octanol–water partition coefficient (Wildman–Crippen LogP) is 3.17. The quantitative estimate of drug-likeness (QED) is 0.747. The Hall–Kier alpha value is -2.82. The number of rotatable bonds is 1. The number of hydrogen-bond acceptors (Lipinski definition) is 5. The summed E-state index contributed by atoms with van der Waals surface area (Å²) in [5.74, 6) is 2.75. The van der Waals surface area contributed by atoms with Crippen LogP contribution in [0, 0.1) is 0 Å². The number of fused-ring (bicyclic) bond motifs is 6. The summed E-state index contributed by atoms with van der Waals surface area (Å²) in [6.07, 6.45) is 1.02. The molecule has 0 amide bonds. The highest BCUT2D eigenvalue weighted by molar-refractivity contribution is 5.81. The molecule has 0 saturated carbocycles. The Labute approximate surface area is 140 Å². The summed E-state index contributed by atoms with van der Waals surface area (Å²) >= 11 is 0. The molecule has 0 bridgehead atoms. The molecule has 0 saturated heterocycles. The average Bonchev–Trinajstić information content (AvgIpc) is 2.65. The predicted molar refractivity (Wildman–Crippen MR) is 94.8 cm³/mol. The summed E-state index contributed by atoms with van der Waals surface area (Å²) in [7, 11) is 1.72. The van der Waals surface area contributed by atoms with E-state index in [2.05, 4.69) is 22.3 Å². The molecule has 120 valence electrons. The number of anilines is 2. The van der Waals surface area contributed by atoms with Crippen LogP contribution >= 0.6 is 0 Å². The minimum atomic E-state index is 0.270. The number of aromatic nitrogens is 2. The van der Waals surface area contributed by atoms with Crippen molar-refractivity contribution in [3.05, 3.63) is 53.6 Å². The molecule has 3 aromatic rings. The molecule has 24 heavy (non-hydrogen) atoms. The number of methoxy groups -OCH3 is 1. The molecular weight excluding hydrogens is 300 g/mol. The SMILES string of the molecule is COc1ccc2c(c1)C1CNc3nc4ccccc4nc3N1CC2. The Bertz CT molecular complexity index is 940. The zero-order valence-electron chi connectivity index (χ0n) is 13.5. The van der Waals surface area contributed by atoms with E-state index in [1.807, 2.05) is 30.3 Å². The van der Waals surface area contributed by atoms with E-state index in [4.69, 9.17) is 14.7 Å². The van der Waals surface area contributed by atoms with Gasteiger partial charge in [-0.1, -0.05) is 18.2 Å². The summed E-state index contributed by atoms with van der Waals surface area (Å²) < 4.78 is 5.42. The largest absolute Gasteiger partial charge is 0.497 e. The third kappa shape index (κ3) is 1.94. The second-order valence-corrected chi connectivity index (χ2v) is 6.29. The molecule has 1 unspecified atom stereocenters. The van der Waals surface area contributed by atoms with Crippen molar-refractivity contribution in [2.24, 2.45) is 0 Å². The lowest BCUT2D eigenvalue weighted by Gasteiger charge is -2.42. The summed E-state index contributed by atoms with van der Waals surface area (Å²) in [4.78, 5) is 12.0. The maximum atomic E-state index is 5.42. The van der Waals surface area contributed by atoms with Crippen LogP contribution in [0.2, 0.25) is 0 Å². The standard InChI is InChI=1S/C19H18N4O/c1-24-13-7-6-12-8-9-23-17(14(12)10-13)11-20-18-19(23)22-16-5-3-2-4-15(16)21-18/h2-7,10,17H,8-9,11H2,1H3,(H,20,21). The van der Waals surface area contributed by atoms with Gasteiger partial charge in [-0.15, -0.1) is 0 Å². The molecule has 0 radical (unpaired) electrons. The van der Waals surface area contributed by atoms with Gasteiger partial charge in [-0.2, -0.15) is 0 Å². The van der Waals surface area contributed by atoms with Gasteiger partial charge in [0.25, 0.3) is 0 Å². The molecule has 0 aliphatic carbocycles. The van der Waals surface area contributed by atoms with Gasteiger partial charge in [-0.3, -0.25) is 0 Å². The summed E-state index contributed by atoms with van der Waals surface area (Å²) in [6.45, 7) is 1.80. The Balaban J connectivity index is 1.63. The number of nitrogens with zero attached hydrogens (tertiary/aromatic N) is 3. The molecule has 2 aliphatic rings. The lowest BCUT2D eigenvalue weighted by molar-refractivity contribution is 0.412. The van der Waals surface area contributed by atoms with Gasteiger partial charge < -0.3 is 15.0 Å². The molecule has 2 aliphatic heterocycles. The third-order valence-electron chi connectivity index (χ3n) is 5.00. The highest BCUT2D eigenvalue weighted by atomic mass is 16.5. The van der Waals surface area contributed by atoms with Crippen LogP contribution in [-0.2, 0) is 6.42 Å². The molecule has 5 heteroatoms. The van der Waals surface area contributed by atoms with E-state index < -0.39 is 0 Å². The lowest BCUT2D eigenvalue weighted by atomic mass is 9.91. The summed E-state index contributed by atoms with van der Waals surface area (Å²) in [6, 6.07) is 14.7. The molecule has 0 fully saturated rings. The molecule has 5 nitrogen and oxygen atoms in total. The van der Waals surface area contributed by atoms with Crippen molar-refractivity contribution in [2.75, 3.05) is 30.4 Å². The first-order chi connectivity index (χ1) is 11.8. The molecular formula is C19H18N4O. The van der Waals surface area contributed by atoms with E-state index in [1.54, 1.807) is 7.11 Å². The third-order valence-corrected chi connectivity index (χ3v) is 5.00. The van der Waals surface area contributed by atoms with Crippen molar-refractivity contribution < 1.29 is 4.74 Å². The monoisotopic (exact) mass is 318 g/mol. The van der Waals surface area contributed by atoms with Crippen molar-refractivity contribution in [1.29, 1.82) is 0 Å². The van der Waals surface area contributed by atoms with Gasteiger partial charge in [0.15, 0.2) is 11.6 Å². The van der Waals surface area contributed by atoms with Crippen LogP contribution in [-0.4, -0.2) is 30.2 Å². The first-order valence-electron chi connectivity index (χ1n) is 8.27. The normalized spacial score (nSPS) is 18.4. The fraction of sp³-hybridized carbons (Fsp3) is 0.263. The number of nitrogens with one attached hydrogen (secondary N) is 1. The summed E-state index contributed by atoms with van der Waals surface area (Å²) in [5, 5.41) is 3.48. The van der Waals surface area contributed by atoms with E-state index >= 15 is 0 Å². The minimum absolute atomic E-state index is 0.270. The fourth-order valence-corrected chi connectivity index (χ4v) is 3.78. The second kappa shape index (κ2) is 5.09. The van der Waals surface area contributed by atoms with Crippen LogP contribution in [0.15, 0.2) is 42.5 Å². The van der Waals surface area contributed by atoms with Gasteiger partial charge in [-0.25, -0.2) is 9.97 Å². The maximum Gasteiger partial charge on any atom is 0.172 e. The van der Waals surface area contributed by atoms with Crippen LogP contribution < -0.4 is 15.0 Å². The number of ether oxygens (including phenoxy) is 1. The Morgan fingerprint density at radius 2 is 1.96 bits per heavy atom. The van der Waals surface area contributed by atoms with E-state index in [9.17, 15) is 0 Å². The van der Waals surface area contributed by atoms with Gasteiger partial charge >= 0.3 is 0 Å². The van der Waals surface area contributed by atoms with Crippen molar-refractivity contribution in [3.63, 3.8) is 0 Å². The summed E-state index contributed by atoms with van der Waals surface area (Å²) in [5.41, 5.74) is 4.60. The van der Waals surface area contributed by atoms with Gasteiger partial charge in [0.1, 0.15) is 5.75 Å². The van der Waals surface area contributed by atoms with Crippen molar-refractivity contribution in [3.8, 4) is 5.75 Å². The molecule has 1 N–H and O–H groups in total. The van der Waals surface area contributed by atoms with Crippen LogP contribution in [0.1, 0.15) is 17.2 Å². The Kier molecular flexibility index (Phi) is 2.89. The number of hydrogen-bond donors (Lipinski definition) is 1. The van der Waals surface area contributed by atoms with Crippen LogP contribution in [0.25, 0.3) is 11.0 Å². The van der Waals surface area contributed by atoms with Crippen LogP contribution in [0.4, 0.5) is 11.6 Å². The van der Waals surface area contributed by atoms with Crippen molar-refractivity contribution >= 4 is 22.7 Å². The van der Waals surface area contributed by atoms with E-state index in [-0.39, 0.29) is 6.04 Å². The van der Waals surface area contributed by atoms with E-state index in [1.165, 1.54) is 11.1 Å². The highest BCUT2D eigenvalue weighted by Gasteiger charge is 2.34. The Morgan fingerprint density at radius 3 is 2.79 bits per heavy atom. The van der Waals surface area contributed by atoms with Crippen molar-refractivity contribution in [1.82, 2.24) is 9.97 Å². The van der Waals surface area contributed by atoms with Gasteiger partial charge in [0.2, 0.25) is 0 Å². The van der Waals surface area contributed by atoms with Crippen molar-refractivity contribution in [2.45, 2.75) is 12.5 Å². The topological polar surface area (TPSA) is 50.3 Å². The molecule has 1 atom stereocenters. The molecule has 0 spiro atoms. The minimum Gasteiger partial charge on any atom is -0.497 e. The molecule has 5 rings (SSSR count). The second-order valence-electron chi connectivity index (χ2n) is 6.29. The number of para-hydroxylation sites is 2. The average molecular weight is 318 g/mol. The van der Waals surface area contributed by atoms with Crippen LogP contribution in [0.3, 0.4) is 0 Å². The molecule has 1 aromatic heterocycles. The maximum absolute atomic E-state index is 5.42. The highest BCUT2D eigenvalue weighted by Crippen LogP contribution is 2.40. The fourth-order valence-electron chi connectivity index (χ4n) is 3.78. The molecule has 3 heterocycles. The van der Waals surface area contributed by atoms with Gasteiger partial charge in [-0.05, 0) is 41.8 Å². The van der Waals surface area contributed by atoms with Gasteiger partial charge in [0.05, 0.1) is 24.2 Å². The smallest absolute Gasteiger partial charge is 0.172 e. The van der Waals surface area contributed by atoms with E-state index in [0.717, 1.165) is 47.9 Å². The number of benzene rings is 2. The first kappa shape index (κ1) is 13.6. The van der Waals surface area contributed by atoms with Gasteiger partial charge in [0, 0.05) is 13.1 Å². The first-order valence-corrected chi connectivity index (χ1v) is 8.27. The van der Waals surface area contributed by atoms with E-state index in [0.29, 0.717) is 0 Å². The van der Waals surface area contributed by atoms with Crippen LogP contribution in [0.5, 0.6) is 5.75 Å². The zero-order valence-corrected chi connectivity index (χ0v) is 13.5. The molecule has 2 aromatic carbocycles.